The lowest BCUT2D eigenvalue weighted by atomic mass is 9.87. The zero-order valence-electron chi connectivity index (χ0n) is 16.2. The van der Waals surface area contributed by atoms with Gasteiger partial charge in [-0.3, -0.25) is 14.5 Å². The lowest BCUT2D eigenvalue weighted by molar-refractivity contribution is -0.135. The molecule has 1 fully saturated rings. The summed E-state index contributed by atoms with van der Waals surface area (Å²) in [7, 11) is 1.55. The molecule has 29 heavy (non-hydrogen) atoms. The summed E-state index contributed by atoms with van der Waals surface area (Å²) in [6.45, 7) is 1.57. The van der Waals surface area contributed by atoms with E-state index >= 15 is 0 Å². The minimum absolute atomic E-state index is 0.233. The van der Waals surface area contributed by atoms with Gasteiger partial charge in [0.2, 0.25) is 5.91 Å². The Bertz CT molecular complexity index is 932. The summed E-state index contributed by atoms with van der Waals surface area (Å²) in [6, 6.07) is 11.9. The van der Waals surface area contributed by atoms with Crippen molar-refractivity contribution in [3.63, 3.8) is 0 Å². The van der Waals surface area contributed by atoms with Crippen LogP contribution in [0.4, 0.5) is 9.18 Å². The van der Waals surface area contributed by atoms with Gasteiger partial charge >= 0.3 is 6.03 Å². The molecule has 0 aromatic heterocycles. The molecule has 1 atom stereocenters. The molecule has 3 rings (SSSR count). The van der Waals surface area contributed by atoms with E-state index in [1.807, 2.05) is 6.07 Å². The summed E-state index contributed by atoms with van der Waals surface area (Å²) in [5, 5.41) is 5.36. The Kier molecular flexibility index (Phi) is 5.81. The van der Waals surface area contributed by atoms with Crippen LogP contribution in [0.1, 0.15) is 24.5 Å². The third-order valence-electron chi connectivity index (χ3n) is 4.97. The van der Waals surface area contributed by atoms with E-state index in [1.54, 1.807) is 32.2 Å². The zero-order valence-corrected chi connectivity index (χ0v) is 16.2. The highest BCUT2D eigenvalue weighted by atomic mass is 19.1. The van der Waals surface area contributed by atoms with E-state index in [4.69, 9.17) is 4.74 Å². The maximum absolute atomic E-state index is 13.3. The fourth-order valence-corrected chi connectivity index (χ4v) is 3.33. The molecule has 1 heterocycles. The highest BCUT2D eigenvalue weighted by Gasteiger charge is 2.51. The van der Waals surface area contributed by atoms with Crippen LogP contribution < -0.4 is 15.4 Å². The Morgan fingerprint density at radius 3 is 2.59 bits per heavy atom. The Hall–Kier alpha value is -3.42. The molecular formula is C21H22FN3O4. The smallest absolute Gasteiger partial charge is 0.325 e. The average molecular weight is 399 g/mol. The highest BCUT2D eigenvalue weighted by molar-refractivity contribution is 6.09. The second-order valence-electron chi connectivity index (χ2n) is 6.72. The number of urea groups is 1. The van der Waals surface area contributed by atoms with Crippen molar-refractivity contribution in [3.8, 4) is 5.75 Å². The van der Waals surface area contributed by atoms with Crippen LogP contribution in [0.25, 0.3) is 0 Å². The van der Waals surface area contributed by atoms with Crippen LogP contribution in [-0.2, 0) is 21.7 Å². The maximum Gasteiger partial charge on any atom is 0.325 e. The van der Waals surface area contributed by atoms with Gasteiger partial charge < -0.3 is 15.4 Å². The third-order valence-corrected chi connectivity index (χ3v) is 4.97. The number of nitrogens with zero attached hydrogens (tertiary/aromatic N) is 1. The second-order valence-corrected chi connectivity index (χ2v) is 6.72. The Balaban J connectivity index is 1.69. The van der Waals surface area contributed by atoms with Crippen molar-refractivity contribution in [2.24, 2.45) is 0 Å². The molecule has 0 saturated carbocycles. The first-order chi connectivity index (χ1) is 13.9. The van der Waals surface area contributed by atoms with Crippen LogP contribution in [0.3, 0.4) is 0 Å². The second kappa shape index (κ2) is 8.30. The molecule has 0 spiro atoms. The lowest BCUT2D eigenvalue weighted by Gasteiger charge is -2.25. The molecule has 7 nitrogen and oxygen atoms in total. The molecule has 8 heteroatoms. The van der Waals surface area contributed by atoms with Gasteiger partial charge in [0.25, 0.3) is 5.91 Å². The molecule has 1 saturated heterocycles. The van der Waals surface area contributed by atoms with Crippen molar-refractivity contribution in [2.45, 2.75) is 25.4 Å². The molecule has 2 aromatic rings. The van der Waals surface area contributed by atoms with Crippen molar-refractivity contribution in [1.82, 2.24) is 15.5 Å². The molecule has 1 unspecified atom stereocenters. The number of hydrogen-bond acceptors (Lipinski definition) is 4. The standard InChI is InChI=1S/C21H22FN3O4/c1-3-21(15-7-9-16(22)10-8-15)19(27)25(20(28)24-21)13-18(26)23-12-14-5-4-6-17(11-14)29-2/h4-11H,3,12-13H2,1-2H3,(H,23,26)(H,24,28). The predicted molar refractivity (Wildman–Crippen MR) is 103 cm³/mol. The molecule has 1 aliphatic heterocycles. The number of imide groups is 1. The Labute approximate surface area is 167 Å². The normalized spacial score (nSPS) is 18.5. The number of halogens is 1. The van der Waals surface area contributed by atoms with Gasteiger partial charge in [0.1, 0.15) is 23.7 Å². The maximum atomic E-state index is 13.3. The van der Waals surface area contributed by atoms with Crippen molar-refractivity contribution in [1.29, 1.82) is 0 Å². The number of carbonyl (C=O) groups excluding carboxylic acids is 3. The molecule has 0 radical (unpaired) electrons. The SMILES string of the molecule is CCC1(c2ccc(F)cc2)NC(=O)N(CC(=O)NCc2cccc(OC)c2)C1=O. The molecule has 2 aromatic carbocycles. The van der Waals surface area contributed by atoms with Gasteiger partial charge in [0, 0.05) is 6.54 Å². The lowest BCUT2D eigenvalue weighted by Crippen LogP contribution is -2.44. The van der Waals surface area contributed by atoms with Gasteiger partial charge in [-0.25, -0.2) is 9.18 Å². The zero-order chi connectivity index (χ0) is 21.0. The van der Waals surface area contributed by atoms with E-state index in [1.165, 1.54) is 24.3 Å². The fraction of sp³-hybridized carbons (Fsp3) is 0.286. The van der Waals surface area contributed by atoms with E-state index in [9.17, 15) is 18.8 Å². The first kappa shape index (κ1) is 20.3. The number of hydrogen-bond donors (Lipinski definition) is 2. The van der Waals surface area contributed by atoms with Crippen molar-refractivity contribution in [2.75, 3.05) is 13.7 Å². The summed E-state index contributed by atoms with van der Waals surface area (Å²) in [5.74, 6) is -0.779. The molecule has 152 valence electrons. The van der Waals surface area contributed by atoms with Gasteiger partial charge in [-0.2, -0.15) is 0 Å². The van der Waals surface area contributed by atoms with Gasteiger partial charge in [0.05, 0.1) is 7.11 Å². The summed E-state index contributed by atoms with van der Waals surface area (Å²) in [4.78, 5) is 38.6. The van der Waals surface area contributed by atoms with Crippen LogP contribution in [0, 0.1) is 5.82 Å². The number of amides is 4. The van der Waals surface area contributed by atoms with Crippen LogP contribution >= 0.6 is 0 Å². The summed E-state index contributed by atoms with van der Waals surface area (Å²) in [6.07, 6.45) is 0.269. The van der Waals surface area contributed by atoms with Crippen LogP contribution in [0.2, 0.25) is 0 Å². The number of methoxy groups -OCH3 is 1. The summed E-state index contributed by atoms with van der Waals surface area (Å²) < 4.78 is 18.4. The Morgan fingerprint density at radius 1 is 1.21 bits per heavy atom. The molecule has 4 amide bonds. The first-order valence-electron chi connectivity index (χ1n) is 9.19. The van der Waals surface area contributed by atoms with E-state index < -0.39 is 35.7 Å². The van der Waals surface area contributed by atoms with E-state index in [0.717, 1.165) is 10.5 Å². The minimum Gasteiger partial charge on any atom is -0.497 e. The first-order valence-corrected chi connectivity index (χ1v) is 9.19. The quantitative estimate of drug-likeness (QED) is 0.700. The number of nitrogens with one attached hydrogen (secondary N) is 2. The molecule has 2 N–H and O–H groups in total. The van der Waals surface area contributed by atoms with Gasteiger partial charge in [0.15, 0.2) is 0 Å². The van der Waals surface area contributed by atoms with Crippen molar-refractivity contribution < 1.29 is 23.5 Å². The van der Waals surface area contributed by atoms with Crippen LogP contribution in [-0.4, -0.2) is 36.4 Å². The van der Waals surface area contributed by atoms with E-state index in [-0.39, 0.29) is 13.0 Å². The Morgan fingerprint density at radius 2 is 1.93 bits per heavy atom. The molecule has 0 bridgehead atoms. The average Bonchev–Trinajstić information content (AvgIpc) is 2.98. The number of carbonyl (C=O) groups is 3. The fourth-order valence-electron chi connectivity index (χ4n) is 3.33. The van der Waals surface area contributed by atoms with Crippen LogP contribution in [0.5, 0.6) is 5.75 Å². The van der Waals surface area contributed by atoms with Gasteiger partial charge in [-0.05, 0) is 41.8 Å². The topological polar surface area (TPSA) is 87.7 Å². The number of rotatable bonds is 7. The number of benzene rings is 2. The highest BCUT2D eigenvalue weighted by Crippen LogP contribution is 2.32. The molecular weight excluding hydrogens is 377 g/mol. The monoisotopic (exact) mass is 399 g/mol. The van der Waals surface area contributed by atoms with Crippen molar-refractivity contribution >= 4 is 17.8 Å². The van der Waals surface area contributed by atoms with Crippen molar-refractivity contribution in [3.05, 3.63) is 65.5 Å². The van der Waals surface area contributed by atoms with E-state index in [2.05, 4.69) is 10.6 Å². The van der Waals surface area contributed by atoms with Crippen LogP contribution in [0.15, 0.2) is 48.5 Å². The molecule has 1 aliphatic rings. The number of ether oxygens (including phenoxy) is 1. The minimum atomic E-state index is -1.31. The van der Waals surface area contributed by atoms with Gasteiger partial charge in [-0.1, -0.05) is 31.2 Å². The molecule has 0 aliphatic carbocycles. The predicted octanol–water partition coefficient (Wildman–Crippen LogP) is 2.31. The van der Waals surface area contributed by atoms with Gasteiger partial charge in [-0.15, -0.1) is 0 Å². The van der Waals surface area contributed by atoms with E-state index in [0.29, 0.717) is 11.3 Å². The largest absolute Gasteiger partial charge is 0.497 e. The summed E-state index contributed by atoms with van der Waals surface area (Å²) in [5.41, 5.74) is -0.0131. The summed E-state index contributed by atoms with van der Waals surface area (Å²) >= 11 is 0. The third kappa shape index (κ3) is 4.06.